The molecule has 1 fully saturated rings. The molecule has 68 valence electrons. The molecule has 0 unspecified atom stereocenters. The van der Waals surface area contributed by atoms with Crippen molar-refractivity contribution < 1.29 is 4.74 Å². The highest BCUT2D eigenvalue weighted by Gasteiger charge is 2.43. The zero-order chi connectivity index (χ0) is 9.24. The Hall–Kier alpha value is -0.550. The highest BCUT2D eigenvalue weighted by molar-refractivity contribution is 4.99. The van der Waals surface area contributed by atoms with Crippen LogP contribution in [-0.4, -0.2) is 12.2 Å². The Kier molecular flexibility index (Phi) is 2.44. The van der Waals surface area contributed by atoms with E-state index in [1.165, 1.54) is 0 Å². The van der Waals surface area contributed by atoms with Crippen LogP contribution in [0.2, 0.25) is 0 Å². The summed E-state index contributed by atoms with van der Waals surface area (Å²) >= 11 is 0. The van der Waals surface area contributed by atoms with E-state index in [1.807, 2.05) is 0 Å². The Morgan fingerprint density at radius 1 is 1.42 bits per heavy atom. The molecule has 0 heterocycles. The molecule has 1 aliphatic carbocycles. The molecule has 0 aromatic heterocycles. The van der Waals surface area contributed by atoms with Crippen LogP contribution in [0.4, 0.5) is 0 Å². The third kappa shape index (κ3) is 2.83. The molecular weight excluding hydrogens is 150 g/mol. The van der Waals surface area contributed by atoms with Gasteiger partial charge in [0.15, 0.2) is 0 Å². The van der Waals surface area contributed by atoms with Gasteiger partial charge in [-0.15, -0.1) is 0 Å². The van der Waals surface area contributed by atoms with Gasteiger partial charge in [0.2, 0.25) is 0 Å². The second kappa shape index (κ2) is 3.06. The first-order valence-electron chi connectivity index (χ1n) is 4.48. The summed E-state index contributed by atoms with van der Waals surface area (Å²) in [5, 5.41) is 8.57. The van der Waals surface area contributed by atoms with Crippen molar-refractivity contribution in [3.05, 3.63) is 0 Å². The summed E-state index contributed by atoms with van der Waals surface area (Å²) in [7, 11) is 0. The van der Waals surface area contributed by atoms with E-state index in [0.29, 0.717) is 6.42 Å². The summed E-state index contributed by atoms with van der Waals surface area (Å²) in [5.74, 6) is 0. The number of ether oxygens (including phenoxy) is 1. The van der Waals surface area contributed by atoms with Crippen LogP contribution in [0.5, 0.6) is 0 Å². The predicted octanol–water partition coefficient (Wildman–Crippen LogP) is 2.50. The standard InChI is InChI=1S/C10H17NO/c1-9(2,3)12-8-10(4-5-10)6-7-11/h4-6,8H2,1-3H3. The number of nitrogens with zero attached hydrogens (tertiary/aromatic N) is 1. The molecule has 0 aliphatic heterocycles. The van der Waals surface area contributed by atoms with E-state index in [-0.39, 0.29) is 11.0 Å². The third-order valence-electron chi connectivity index (χ3n) is 2.22. The van der Waals surface area contributed by atoms with Crippen molar-refractivity contribution in [2.24, 2.45) is 5.41 Å². The van der Waals surface area contributed by atoms with E-state index in [9.17, 15) is 0 Å². The molecule has 0 aromatic carbocycles. The van der Waals surface area contributed by atoms with Crippen LogP contribution in [0, 0.1) is 16.7 Å². The minimum absolute atomic E-state index is 0.0644. The van der Waals surface area contributed by atoms with Gasteiger partial charge in [0, 0.05) is 11.8 Å². The van der Waals surface area contributed by atoms with Gasteiger partial charge in [-0.25, -0.2) is 0 Å². The van der Waals surface area contributed by atoms with Crippen molar-refractivity contribution in [2.75, 3.05) is 6.61 Å². The van der Waals surface area contributed by atoms with Crippen molar-refractivity contribution in [3.63, 3.8) is 0 Å². The summed E-state index contributed by atoms with van der Waals surface area (Å²) in [6.45, 7) is 6.91. The Morgan fingerprint density at radius 3 is 2.33 bits per heavy atom. The molecule has 2 heteroatoms. The van der Waals surface area contributed by atoms with E-state index in [2.05, 4.69) is 26.8 Å². The quantitative estimate of drug-likeness (QED) is 0.647. The fourth-order valence-electron chi connectivity index (χ4n) is 1.09. The number of hydrogen-bond acceptors (Lipinski definition) is 2. The molecule has 2 nitrogen and oxygen atoms in total. The zero-order valence-corrected chi connectivity index (χ0v) is 8.18. The lowest BCUT2D eigenvalue weighted by Gasteiger charge is -2.22. The van der Waals surface area contributed by atoms with Gasteiger partial charge in [-0.05, 0) is 33.6 Å². The van der Waals surface area contributed by atoms with Gasteiger partial charge in [0.1, 0.15) is 0 Å². The Bertz CT molecular complexity index is 193. The molecule has 0 atom stereocenters. The van der Waals surface area contributed by atoms with Crippen molar-refractivity contribution >= 4 is 0 Å². The van der Waals surface area contributed by atoms with Crippen LogP contribution in [0.25, 0.3) is 0 Å². The summed E-state index contributed by atoms with van der Waals surface area (Å²) < 4.78 is 5.66. The molecule has 0 N–H and O–H groups in total. The minimum Gasteiger partial charge on any atom is -0.375 e. The summed E-state index contributed by atoms with van der Waals surface area (Å²) in [6, 6.07) is 2.23. The fourth-order valence-corrected chi connectivity index (χ4v) is 1.09. The maximum atomic E-state index is 8.57. The van der Waals surface area contributed by atoms with E-state index in [0.717, 1.165) is 19.4 Å². The molecule has 1 rings (SSSR count). The largest absolute Gasteiger partial charge is 0.375 e. The summed E-state index contributed by atoms with van der Waals surface area (Å²) in [6.07, 6.45) is 2.98. The fraction of sp³-hybridized carbons (Fsp3) is 0.900. The van der Waals surface area contributed by atoms with Gasteiger partial charge in [-0.3, -0.25) is 0 Å². The molecular formula is C10H17NO. The van der Waals surface area contributed by atoms with Gasteiger partial charge in [-0.2, -0.15) is 5.26 Å². The first-order valence-corrected chi connectivity index (χ1v) is 4.48. The minimum atomic E-state index is -0.0644. The molecule has 1 saturated carbocycles. The number of rotatable bonds is 3. The van der Waals surface area contributed by atoms with Gasteiger partial charge in [0.25, 0.3) is 0 Å². The van der Waals surface area contributed by atoms with E-state index < -0.39 is 0 Å². The van der Waals surface area contributed by atoms with Gasteiger partial charge < -0.3 is 4.74 Å². The molecule has 0 amide bonds. The normalized spacial score (nSPS) is 20.2. The summed E-state index contributed by atoms with van der Waals surface area (Å²) in [4.78, 5) is 0. The van der Waals surface area contributed by atoms with Crippen LogP contribution < -0.4 is 0 Å². The van der Waals surface area contributed by atoms with Crippen LogP contribution in [0.3, 0.4) is 0 Å². The molecule has 0 radical (unpaired) electrons. The first kappa shape index (κ1) is 9.54. The van der Waals surface area contributed by atoms with E-state index in [4.69, 9.17) is 10.00 Å². The Labute approximate surface area is 74.5 Å². The second-order valence-corrected chi connectivity index (χ2v) is 4.74. The first-order chi connectivity index (χ1) is 5.47. The van der Waals surface area contributed by atoms with Crippen LogP contribution in [0.15, 0.2) is 0 Å². The average molecular weight is 167 g/mol. The van der Waals surface area contributed by atoms with Gasteiger partial charge in [-0.1, -0.05) is 0 Å². The molecule has 1 aliphatic rings. The lowest BCUT2D eigenvalue weighted by Crippen LogP contribution is -2.24. The smallest absolute Gasteiger partial charge is 0.0628 e. The van der Waals surface area contributed by atoms with Gasteiger partial charge in [0.05, 0.1) is 18.3 Å². The lowest BCUT2D eigenvalue weighted by atomic mass is 10.0. The SMILES string of the molecule is CC(C)(C)OCC1(CC#N)CC1. The summed E-state index contributed by atoms with van der Waals surface area (Å²) in [5.41, 5.74) is 0.160. The molecule has 0 aromatic rings. The van der Waals surface area contributed by atoms with E-state index in [1.54, 1.807) is 0 Å². The average Bonchev–Trinajstić information content (AvgIpc) is 2.65. The Morgan fingerprint density at radius 2 is 2.00 bits per heavy atom. The van der Waals surface area contributed by atoms with Crippen LogP contribution >= 0.6 is 0 Å². The van der Waals surface area contributed by atoms with Crippen LogP contribution in [0.1, 0.15) is 40.0 Å². The van der Waals surface area contributed by atoms with Crippen molar-refractivity contribution in [1.82, 2.24) is 0 Å². The number of nitriles is 1. The van der Waals surface area contributed by atoms with E-state index >= 15 is 0 Å². The predicted molar refractivity (Wildman–Crippen MR) is 47.6 cm³/mol. The number of hydrogen-bond donors (Lipinski definition) is 0. The lowest BCUT2D eigenvalue weighted by molar-refractivity contribution is -0.0271. The highest BCUT2D eigenvalue weighted by atomic mass is 16.5. The topological polar surface area (TPSA) is 33.0 Å². The molecule has 0 spiro atoms. The van der Waals surface area contributed by atoms with Crippen molar-refractivity contribution in [3.8, 4) is 6.07 Å². The molecule has 12 heavy (non-hydrogen) atoms. The molecule has 0 bridgehead atoms. The zero-order valence-electron chi connectivity index (χ0n) is 8.18. The van der Waals surface area contributed by atoms with Gasteiger partial charge >= 0.3 is 0 Å². The highest BCUT2D eigenvalue weighted by Crippen LogP contribution is 2.49. The van der Waals surface area contributed by atoms with Crippen molar-refractivity contribution in [2.45, 2.75) is 45.6 Å². The van der Waals surface area contributed by atoms with Crippen LogP contribution in [-0.2, 0) is 4.74 Å². The molecule has 0 saturated heterocycles. The maximum absolute atomic E-state index is 8.57. The Balaban J connectivity index is 2.28. The monoisotopic (exact) mass is 167 g/mol. The second-order valence-electron chi connectivity index (χ2n) is 4.74. The third-order valence-corrected chi connectivity index (χ3v) is 2.22. The maximum Gasteiger partial charge on any atom is 0.0628 e. The van der Waals surface area contributed by atoms with Crippen molar-refractivity contribution in [1.29, 1.82) is 5.26 Å².